The minimum Gasteiger partial charge on any atom is -0.593 e. The normalized spacial score (nSPS) is 24.3. The summed E-state index contributed by atoms with van der Waals surface area (Å²) in [5, 5.41) is 0. The van der Waals surface area contributed by atoms with Crippen LogP contribution in [0.25, 0.3) is 0 Å². The zero-order valence-corrected chi connectivity index (χ0v) is 18.4. The molecular formula is C22H31N3O4S. The predicted octanol–water partition coefficient (Wildman–Crippen LogP) is 2.22. The predicted molar refractivity (Wildman–Crippen MR) is 113 cm³/mol. The van der Waals surface area contributed by atoms with Crippen molar-refractivity contribution in [1.82, 2.24) is 14.1 Å². The molecule has 0 aromatic heterocycles. The fourth-order valence-electron chi connectivity index (χ4n) is 4.91. The summed E-state index contributed by atoms with van der Waals surface area (Å²) >= 11 is 0. The molecule has 2 amide bonds. The van der Waals surface area contributed by atoms with E-state index in [4.69, 9.17) is 0 Å². The van der Waals surface area contributed by atoms with Crippen LogP contribution in [0, 0.1) is 12.8 Å². The van der Waals surface area contributed by atoms with Crippen LogP contribution in [0.4, 0.5) is 0 Å². The Kier molecular flexibility index (Phi) is 6.27. The molecule has 164 valence electrons. The van der Waals surface area contributed by atoms with E-state index in [0.717, 1.165) is 31.4 Å². The number of aryl methyl sites for hydroxylation is 1. The van der Waals surface area contributed by atoms with E-state index in [1.54, 1.807) is 12.1 Å². The van der Waals surface area contributed by atoms with Crippen molar-refractivity contribution in [3.8, 4) is 0 Å². The Morgan fingerprint density at radius 1 is 1.00 bits per heavy atom. The van der Waals surface area contributed by atoms with Crippen LogP contribution in [0.2, 0.25) is 0 Å². The maximum atomic E-state index is 13.0. The Balaban J connectivity index is 1.29. The van der Waals surface area contributed by atoms with Crippen LogP contribution in [-0.2, 0) is 24.2 Å². The van der Waals surface area contributed by atoms with E-state index in [2.05, 4.69) is 0 Å². The Morgan fingerprint density at radius 3 is 2.20 bits per heavy atom. The second-order valence-electron chi connectivity index (χ2n) is 8.74. The summed E-state index contributed by atoms with van der Waals surface area (Å²) < 4.78 is 27.2. The molecule has 0 radical (unpaired) electrons. The highest BCUT2D eigenvalue weighted by atomic mass is 32.3. The number of sulfonamides is 1. The monoisotopic (exact) mass is 433 g/mol. The van der Waals surface area contributed by atoms with Crippen molar-refractivity contribution in [3.63, 3.8) is 0 Å². The number of rotatable bonds is 4. The van der Waals surface area contributed by atoms with Gasteiger partial charge >= 0.3 is 0 Å². The van der Waals surface area contributed by atoms with Crippen LogP contribution in [0.15, 0.2) is 29.2 Å². The molecule has 3 fully saturated rings. The second-order valence-corrected chi connectivity index (χ2v) is 10.7. The number of nitrogens with zero attached hydrogens (tertiary/aromatic N) is 3. The van der Waals surface area contributed by atoms with Gasteiger partial charge in [0, 0.05) is 51.1 Å². The van der Waals surface area contributed by atoms with Crippen LogP contribution < -0.4 is 0 Å². The molecule has 0 N–H and O–H groups in total. The third kappa shape index (κ3) is 4.31. The Morgan fingerprint density at radius 2 is 1.63 bits per heavy atom. The first-order valence-corrected chi connectivity index (χ1v) is 12.5. The maximum absolute atomic E-state index is 13.0. The molecule has 3 heterocycles. The van der Waals surface area contributed by atoms with E-state index in [1.165, 1.54) is 4.31 Å². The molecule has 3 saturated heterocycles. The highest BCUT2D eigenvalue weighted by Gasteiger charge is 2.38. The van der Waals surface area contributed by atoms with Gasteiger partial charge in [0.1, 0.15) is 0 Å². The SMILES string of the molecule is Cc1ccc([S+](=O)([O-])N2CCC(C(=O)N3CCC(N4CCCC4=O)CC3)CC2)cc1. The van der Waals surface area contributed by atoms with Crippen molar-refractivity contribution in [1.29, 1.82) is 0 Å². The number of hydrogen-bond donors (Lipinski definition) is 0. The van der Waals surface area contributed by atoms with Crippen LogP contribution in [0.3, 0.4) is 0 Å². The molecule has 1 unspecified atom stereocenters. The summed E-state index contributed by atoms with van der Waals surface area (Å²) in [4.78, 5) is 29.2. The van der Waals surface area contributed by atoms with Gasteiger partial charge in [-0.25, -0.2) is 0 Å². The summed E-state index contributed by atoms with van der Waals surface area (Å²) in [6.07, 6.45) is 4.42. The highest BCUT2D eigenvalue weighted by molar-refractivity contribution is 7.95. The zero-order chi connectivity index (χ0) is 21.3. The van der Waals surface area contributed by atoms with E-state index < -0.39 is 10.4 Å². The van der Waals surface area contributed by atoms with E-state index in [0.29, 0.717) is 50.3 Å². The number of benzene rings is 1. The minimum absolute atomic E-state index is 0.112. The summed E-state index contributed by atoms with van der Waals surface area (Å²) in [5.74, 6) is 0.287. The summed E-state index contributed by atoms with van der Waals surface area (Å²) in [6.45, 7) is 4.92. The molecule has 1 aromatic rings. The first-order chi connectivity index (χ1) is 14.4. The minimum atomic E-state index is -3.50. The summed E-state index contributed by atoms with van der Waals surface area (Å²) in [5.41, 5.74) is 1.02. The van der Waals surface area contributed by atoms with Gasteiger partial charge in [0.25, 0.3) is 0 Å². The van der Waals surface area contributed by atoms with Crippen molar-refractivity contribution in [2.75, 3.05) is 32.7 Å². The fraction of sp³-hybridized carbons (Fsp3) is 0.636. The first-order valence-electron chi connectivity index (χ1n) is 11.0. The van der Waals surface area contributed by atoms with Crippen molar-refractivity contribution >= 4 is 22.2 Å². The number of carbonyl (C=O) groups excluding carboxylic acids is 2. The van der Waals surface area contributed by atoms with Crippen molar-refractivity contribution in [2.24, 2.45) is 5.92 Å². The van der Waals surface area contributed by atoms with Crippen LogP contribution in [-0.4, -0.2) is 69.2 Å². The largest absolute Gasteiger partial charge is 0.593 e. The highest BCUT2D eigenvalue weighted by Crippen LogP contribution is 2.30. The van der Waals surface area contributed by atoms with Crippen LogP contribution in [0.5, 0.6) is 0 Å². The van der Waals surface area contributed by atoms with Gasteiger partial charge in [0.2, 0.25) is 11.8 Å². The van der Waals surface area contributed by atoms with Crippen LogP contribution >= 0.6 is 0 Å². The quantitative estimate of drug-likeness (QED) is 0.682. The van der Waals surface area contributed by atoms with Crippen LogP contribution in [0.1, 0.15) is 44.1 Å². The lowest BCUT2D eigenvalue weighted by Gasteiger charge is -2.39. The number of hydrogen-bond acceptors (Lipinski definition) is 4. The van der Waals surface area contributed by atoms with E-state index in [1.807, 2.05) is 28.9 Å². The molecule has 7 nitrogen and oxygen atoms in total. The number of amides is 2. The molecule has 30 heavy (non-hydrogen) atoms. The van der Waals surface area contributed by atoms with Gasteiger partial charge in [-0.05, 0) is 51.2 Å². The van der Waals surface area contributed by atoms with Crippen molar-refractivity contribution < 1.29 is 18.4 Å². The number of carbonyl (C=O) groups is 2. The zero-order valence-electron chi connectivity index (χ0n) is 17.6. The van der Waals surface area contributed by atoms with E-state index in [9.17, 15) is 18.4 Å². The lowest BCUT2D eigenvalue weighted by atomic mass is 9.94. The third-order valence-corrected chi connectivity index (χ3v) is 8.70. The smallest absolute Gasteiger partial charge is 0.225 e. The molecule has 0 aliphatic carbocycles. The van der Waals surface area contributed by atoms with Gasteiger partial charge in [0.15, 0.2) is 15.3 Å². The van der Waals surface area contributed by atoms with Gasteiger partial charge in [-0.1, -0.05) is 21.9 Å². The standard InChI is InChI=1S/C22H31N3O4S/c1-17-4-6-20(7-5-17)30(28,29)24-15-8-18(9-16-24)22(27)23-13-10-19(11-14-23)25-12-2-3-21(25)26/h4-7,18-19H,2-3,8-16H2,1H3. The molecule has 3 aliphatic heterocycles. The summed E-state index contributed by atoms with van der Waals surface area (Å²) in [7, 11) is -3.50. The molecule has 3 aliphatic rings. The average molecular weight is 434 g/mol. The molecule has 4 rings (SSSR count). The lowest BCUT2D eigenvalue weighted by Crippen LogP contribution is -2.50. The fourth-order valence-corrected chi connectivity index (χ4v) is 6.38. The number of piperidine rings is 2. The molecule has 1 atom stereocenters. The Bertz CT molecular complexity index is 827. The summed E-state index contributed by atoms with van der Waals surface area (Å²) in [6, 6.07) is 7.19. The second kappa shape index (κ2) is 8.77. The van der Waals surface area contributed by atoms with Gasteiger partial charge in [-0.2, -0.15) is 0 Å². The van der Waals surface area contributed by atoms with E-state index >= 15 is 0 Å². The molecule has 8 heteroatoms. The van der Waals surface area contributed by atoms with Crippen molar-refractivity contribution in [2.45, 2.75) is 56.4 Å². The van der Waals surface area contributed by atoms with E-state index in [-0.39, 0.29) is 23.8 Å². The molecule has 0 bridgehead atoms. The molecular weight excluding hydrogens is 402 g/mol. The van der Waals surface area contributed by atoms with Gasteiger partial charge < -0.3 is 14.4 Å². The number of likely N-dealkylation sites (tertiary alicyclic amines) is 2. The topological polar surface area (TPSA) is 84.0 Å². The van der Waals surface area contributed by atoms with Gasteiger partial charge in [0.05, 0.1) is 0 Å². The first kappa shape index (κ1) is 21.5. The van der Waals surface area contributed by atoms with Crippen molar-refractivity contribution in [3.05, 3.63) is 29.8 Å². The Labute approximate surface area is 179 Å². The average Bonchev–Trinajstić information content (AvgIpc) is 3.19. The van der Waals surface area contributed by atoms with Gasteiger partial charge in [-0.15, -0.1) is 4.31 Å². The lowest BCUT2D eigenvalue weighted by molar-refractivity contribution is -0.139. The molecule has 0 saturated carbocycles. The van der Waals surface area contributed by atoms with Gasteiger partial charge in [-0.3, -0.25) is 9.59 Å². The molecule has 0 spiro atoms. The molecule has 1 aromatic carbocycles. The Hall–Kier alpha value is -1.77. The third-order valence-electron chi connectivity index (χ3n) is 6.79. The maximum Gasteiger partial charge on any atom is 0.225 e.